The second-order valence-corrected chi connectivity index (χ2v) is 8.50. The Morgan fingerprint density at radius 2 is 1.97 bits per heavy atom. The summed E-state index contributed by atoms with van der Waals surface area (Å²) in [4.78, 5) is 46.6. The molecule has 2 fully saturated rings. The van der Waals surface area contributed by atoms with Crippen molar-refractivity contribution in [3.8, 4) is 0 Å². The van der Waals surface area contributed by atoms with E-state index in [4.69, 9.17) is 0 Å². The number of amides is 3. The number of hydrogen-bond donors (Lipinski definition) is 1. The molecule has 1 aromatic carbocycles. The fraction of sp³-hybridized carbons (Fsp3) is 0.429. The van der Waals surface area contributed by atoms with Gasteiger partial charge < -0.3 is 10.2 Å². The smallest absolute Gasteiger partial charge is 0.238 e. The molecule has 0 saturated carbocycles. The number of aromatic nitrogens is 1. The maximum absolute atomic E-state index is 13.2. The van der Waals surface area contributed by atoms with E-state index in [0.29, 0.717) is 55.7 Å². The summed E-state index contributed by atoms with van der Waals surface area (Å²) in [5.41, 5.74) is 1.11. The van der Waals surface area contributed by atoms with E-state index in [9.17, 15) is 18.8 Å². The van der Waals surface area contributed by atoms with Crippen LogP contribution in [0.2, 0.25) is 0 Å². The molecule has 1 aromatic heterocycles. The number of nitrogens with one attached hydrogen (secondary N) is 1. The van der Waals surface area contributed by atoms with Crippen molar-refractivity contribution in [1.82, 2.24) is 14.8 Å². The number of halogens is 1. The number of benzene rings is 1. The first kappa shape index (κ1) is 21.4. The molecule has 3 heterocycles. The van der Waals surface area contributed by atoms with E-state index < -0.39 is 5.82 Å². The lowest BCUT2D eigenvalue weighted by Gasteiger charge is -2.34. The number of anilines is 2. The van der Waals surface area contributed by atoms with E-state index in [0.717, 1.165) is 6.42 Å². The second-order valence-electron chi connectivity index (χ2n) is 7.66. The van der Waals surface area contributed by atoms with Gasteiger partial charge in [-0.25, -0.2) is 9.37 Å². The van der Waals surface area contributed by atoms with Gasteiger partial charge in [-0.2, -0.15) is 0 Å². The van der Waals surface area contributed by atoms with Crippen molar-refractivity contribution < 1.29 is 18.8 Å². The first-order chi connectivity index (χ1) is 15.0. The lowest BCUT2D eigenvalue weighted by molar-refractivity contribution is -0.132. The molecule has 1 N–H and O–H groups in total. The largest absolute Gasteiger partial charge is 0.340 e. The number of thiazole rings is 1. The topological polar surface area (TPSA) is 85.9 Å². The lowest BCUT2D eigenvalue weighted by atomic mass is 10.2. The van der Waals surface area contributed by atoms with Crippen molar-refractivity contribution >= 4 is 39.9 Å². The zero-order valence-corrected chi connectivity index (χ0v) is 17.9. The summed E-state index contributed by atoms with van der Waals surface area (Å²) in [6, 6.07) is 5.78. The van der Waals surface area contributed by atoms with Crippen LogP contribution < -0.4 is 10.2 Å². The van der Waals surface area contributed by atoms with Gasteiger partial charge in [0.1, 0.15) is 5.82 Å². The minimum atomic E-state index is -0.399. The molecule has 0 atom stereocenters. The minimum Gasteiger partial charge on any atom is -0.340 e. The molecule has 0 aliphatic carbocycles. The van der Waals surface area contributed by atoms with E-state index >= 15 is 0 Å². The monoisotopic (exact) mass is 445 g/mol. The molecule has 0 radical (unpaired) electrons. The van der Waals surface area contributed by atoms with Gasteiger partial charge in [0, 0.05) is 50.2 Å². The SMILES string of the molecule is O=C(CN1CCN(C(=O)Cc2csc(N3CCCC3=O)n2)CC1)Nc1cccc(F)c1. The molecule has 0 spiro atoms. The molecular weight excluding hydrogens is 421 g/mol. The summed E-state index contributed by atoms with van der Waals surface area (Å²) >= 11 is 1.40. The number of nitrogens with zero attached hydrogens (tertiary/aromatic N) is 4. The second kappa shape index (κ2) is 9.52. The number of carbonyl (C=O) groups excluding carboxylic acids is 3. The molecule has 0 bridgehead atoms. The lowest BCUT2D eigenvalue weighted by Crippen LogP contribution is -2.50. The molecular formula is C21H24FN5O3S. The Kier molecular flexibility index (Phi) is 6.57. The highest BCUT2D eigenvalue weighted by molar-refractivity contribution is 7.14. The molecule has 164 valence electrons. The third kappa shape index (κ3) is 5.45. The molecule has 4 rings (SSSR count). The fourth-order valence-electron chi connectivity index (χ4n) is 3.74. The number of piperazine rings is 1. The van der Waals surface area contributed by atoms with Crippen LogP contribution in [0, 0.1) is 5.82 Å². The van der Waals surface area contributed by atoms with Crippen LogP contribution in [0.25, 0.3) is 0 Å². The van der Waals surface area contributed by atoms with Gasteiger partial charge in [0.15, 0.2) is 5.13 Å². The molecule has 10 heteroatoms. The van der Waals surface area contributed by atoms with Crippen molar-refractivity contribution in [3.05, 3.63) is 41.2 Å². The van der Waals surface area contributed by atoms with E-state index in [1.807, 2.05) is 10.3 Å². The van der Waals surface area contributed by atoms with Crippen LogP contribution in [0.15, 0.2) is 29.6 Å². The van der Waals surface area contributed by atoms with Crippen LogP contribution >= 0.6 is 11.3 Å². The molecule has 2 saturated heterocycles. The predicted molar refractivity (Wildman–Crippen MR) is 115 cm³/mol. The third-order valence-corrected chi connectivity index (χ3v) is 6.29. The van der Waals surface area contributed by atoms with Gasteiger partial charge in [-0.1, -0.05) is 6.07 Å². The van der Waals surface area contributed by atoms with E-state index in [-0.39, 0.29) is 30.7 Å². The van der Waals surface area contributed by atoms with Gasteiger partial charge in [0.05, 0.1) is 18.7 Å². The summed E-state index contributed by atoms with van der Waals surface area (Å²) in [5, 5.41) is 5.19. The molecule has 31 heavy (non-hydrogen) atoms. The van der Waals surface area contributed by atoms with Gasteiger partial charge in [-0.15, -0.1) is 11.3 Å². The van der Waals surface area contributed by atoms with Crippen molar-refractivity contribution in [2.75, 3.05) is 49.5 Å². The minimum absolute atomic E-state index is 0.00605. The number of hydrogen-bond acceptors (Lipinski definition) is 6. The Morgan fingerprint density at radius 1 is 1.16 bits per heavy atom. The van der Waals surface area contributed by atoms with Gasteiger partial charge in [0.2, 0.25) is 17.7 Å². The Hall–Kier alpha value is -2.85. The van der Waals surface area contributed by atoms with Crippen molar-refractivity contribution in [2.45, 2.75) is 19.3 Å². The maximum Gasteiger partial charge on any atom is 0.238 e. The van der Waals surface area contributed by atoms with Gasteiger partial charge in [-0.3, -0.25) is 24.2 Å². The fourth-order valence-corrected chi connectivity index (χ4v) is 4.61. The average molecular weight is 446 g/mol. The van der Waals surface area contributed by atoms with Crippen molar-refractivity contribution in [2.24, 2.45) is 0 Å². The Morgan fingerprint density at radius 3 is 2.68 bits per heavy atom. The van der Waals surface area contributed by atoms with Crippen LogP contribution in [-0.4, -0.2) is 71.8 Å². The highest BCUT2D eigenvalue weighted by Gasteiger charge is 2.26. The Labute approximate surface area is 183 Å². The summed E-state index contributed by atoms with van der Waals surface area (Å²) in [7, 11) is 0. The highest BCUT2D eigenvalue weighted by Crippen LogP contribution is 2.25. The molecule has 2 aliphatic rings. The summed E-state index contributed by atoms with van der Waals surface area (Å²) < 4.78 is 13.2. The molecule has 8 nitrogen and oxygen atoms in total. The van der Waals surface area contributed by atoms with Crippen molar-refractivity contribution in [1.29, 1.82) is 0 Å². The van der Waals surface area contributed by atoms with Crippen LogP contribution in [0.3, 0.4) is 0 Å². The summed E-state index contributed by atoms with van der Waals surface area (Å²) in [5.74, 6) is -0.528. The van der Waals surface area contributed by atoms with Crippen LogP contribution in [-0.2, 0) is 20.8 Å². The number of rotatable bonds is 6. The molecule has 2 aromatic rings. The Bertz CT molecular complexity index is 973. The summed E-state index contributed by atoms with van der Waals surface area (Å²) in [6.07, 6.45) is 1.61. The van der Waals surface area contributed by atoms with Crippen LogP contribution in [0.5, 0.6) is 0 Å². The van der Waals surface area contributed by atoms with E-state index in [2.05, 4.69) is 10.3 Å². The molecule has 3 amide bonds. The maximum atomic E-state index is 13.2. The first-order valence-corrected chi connectivity index (χ1v) is 11.2. The van der Waals surface area contributed by atoms with Gasteiger partial charge >= 0.3 is 0 Å². The van der Waals surface area contributed by atoms with Gasteiger partial charge in [0.25, 0.3) is 0 Å². The Balaban J connectivity index is 1.22. The first-order valence-electron chi connectivity index (χ1n) is 10.3. The standard InChI is InChI=1S/C21H24FN5O3S/c22-15-3-1-4-16(11-15)23-18(28)13-25-7-9-26(10-8-25)20(30)12-17-14-31-21(24-17)27-6-2-5-19(27)29/h1,3-4,11,14H,2,5-10,12-13H2,(H,23,28). The van der Waals surface area contributed by atoms with Crippen LogP contribution in [0.1, 0.15) is 18.5 Å². The zero-order chi connectivity index (χ0) is 21.8. The van der Waals surface area contributed by atoms with E-state index in [1.54, 1.807) is 21.9 Å². The normalized spacial score (nSPS) is 17.3. The van der Waals surface area contributed by atoms with E-state index in [1.165, 1.54) is 23.5 Å². The molecule has 2 aliphatic heterocycles. The predicted octanol–water partition coefficient (Wildman–Crippen LogP) is 1.73. The quantitative estimate of drug-likeness (QED) is 0.732. The summed E-state index contributed by atoms with van der Waals surface area (Å²) in [6.45, 7) is 3.13. The van der Waals surface area contributed by atoms with Gasteiger partial charge in [-0.05, 0) is 24.6 Å². The third-order valence-electron chi connectivity index (χ3n) is 5.38. The average Bonchev–Trinajstić information content (AvgIpc) is 3.37. The number of carbonyl (C=O) groups is 3. The molecule has 0 unspecified atom stereocenters. The van der Waals surface area contributed by atoms with Crippen LogP contribution in [0.4, 0.5) is 15.2 Å². The zero-order valence-electron chi connectivity index (χ0n) is 17.1. The highest BCUT2D eigenvalue weighted by atomic mass is 32.1. The van der Waals surface area contributed by atoms with Crippen molar-refractivity contribution in [3.63, 3.8) is 0 Å².